The van der Waals surface area contributed by atoms with Gasteiger partial charge in [0.05, 0.1) is 11.6 Å². The molecule has 2 aliphatic heterocycles. The number of rotatable bonds is 6. The van der Waals surface area contributed by atoms with Crippen LogP contribution >= 0.6 is 0 Å². The van der Waals surface area contributed by atoms with Gasteiger partial charge in [0.25, 0.3) is 11.8 Å². The number of fused-ring (bicyclic) bond motifs is 1. The summed E-state index contributed by atoms with van der Waals surface area (Å²) in [5.41, 5.74) is 4.26. The summed E-state index contributed by atoms with van der Waals surface area (Å²) in [7, 11) is 0. The van der Waals surface area contributed by atoms with Gasteiger partial charge in [-0.2, -0.15) is 0 Å². The summed E-state index contributed by atoms with van der Waals surface area (Å²) in [6, 6.07) is 20.0. The predicted octanol–water partition coefficient (Wildman–Crippen LogP) is 5.74. The summed E-state index contributed by atoms with van der Waals surface area (Å²) < 4.78 is 0. The van der Waals surface area contributed by atoms with Crippen LogP contribution in [0, 0.1) is 0 Å². The van der Waals surface area contributed by atoms with Crippen LogP contribution in [-0.4, -0.2) is 54.4 Å². The molecule has 216 valence electrons. The Morgan fingerprint density at radius 1 is 0.829 bits per heavy atom. The van der Waals surface area contributed by atoms with Gasteiger partial charge in [0.15, 0.2) is 0 Å². The lowest BCUT2D eigenvalue weighted by Crippen LogP contribution is -2.40. The molecule has 7 nitrogen and oxygen atoms in total. The largest absolute Gasteiger partial charge is 0.350 e. The molecule has 0 bridgehead atoms. The fraction of sp³-hybridized carbons (Fsp3) is 0.441. The Morgan fingerprint density at radius 3 is 2.39 bits per heavy atom. The number of piperidine rings is 1. The Kier molecular flexibility index (Phi) is 10.5. The Morgan fingerprint density at radius 2 is 1.59 bits per heavy atom. The topological polar surface area (TPSA) is 77.6 Å². The Hall–Kier alpha value is -3.55. The maximum Gasteiger partial charge on any atom is 0.259 e. The van der Waals surface area contributed by atoms with Crippen LogP contribution in [0.2, 0.25) is 0 Å². The number of amides is 2. The zero-order valence-electron chi connectivity index (χ0n) is 24.1. The molecule has 7 heteroatoms. The van der Waals surface area contributed by atoms with E-state index in [0.717, 1.165) is 50.1 Å². The number of aromatic nitrogens is 1. The van der Waals surface area contributed by atoms with Crippen LogP contribution in [0.5, 0.6) is 0 Å². The predicted molar refractivity (Wildman–Crippen MR) is 164 cm³/mol. The van der Waals surface area contributed by atoms with Crippen molar-refractivity contribution in [1.29, 1.82) is 0 Å². The van der Waals surface area contributed by atoms with Crippen LogP contribution < -0.4 is 15.5 Å². The maximum absolute atomic E-state index is 13.6. The highest BCUT2D eigenvalue weighted by atomic mass is 16.2. The number of likely N-dealkylation sites (tertiary alicyclic amines) is 1. The van der Waals surface area contributed by atoms with E-state index in [4.69, 9.17) is 0 Å². The first-order chi connectivity index (χ1) is 20.2. The molecule has 0 spiro atoms. The summed E-state index contributed by atoms with van der Waals surface area (Å²) in [5.74, 6) is -0.136. The van der Waals surface area contributed by atoms with E-state index in [1.165, 1.54) is 37.7 Å². The van der Waals surface area contributed by atoms with E-state index in [-0.39, 0.29) is 17.9 Å². The lowest BCUT2D eigenvalue weighted by molar-refractivity contribution is 0.0923. The third-order valence-electron chi connectivity index (χ3n) is 8.31. The number of carbonyl (C=O) groups is 2. The maximum atomic E-state index is 13.6. The van der Waals surface area contributed by atoms with Crippen molar-refractivity contribution in [1.82, 2.24) is 20.5 Å². The first kappa shape index (κ1) is 29.0. The molecule has 5 rings (SSSR count). The van der Waals surface area contributed by atoms with Crippen molar-refractivity contribution in [3.63, 3.8) is 0 Å². The lowest BCUT2D eigenvalue weighted by Gasteiger charge is -2.35. The molecule has 1 saturated heterocycles. The van der Waals surface area contributed by atoms with E-state index in [9.17, 15) is 9.59 Å². The van der Waals surface area contributed by atoms with Crippen LogP contribution in [0.1, 0.15) is 89.3 Å². The number of benzene rings is 2. The van der Waals surface area contributed by atoms with E-state index in [2.05, 4.69) is 44.8 Å². The average Bonchev–Trinajstić information content (AvgIpc) is 3.02. The summed E-state index contributed by atoms with van der Waals surface area (Å²) in [6.45, 7) is 4.83. The van der Waals surface area contributed by atoms with Gasteiger partial charge in [-0.05, 0) is 86.8 Å². The molecule has 0 aliphatic carbocycles. The summed E-state index contributed by atoms with van der Waals surface area (Å²) in [6.07, 6.45) is 12.5. The Balaban J connectivity index is 1.37. The van der Waals surface area contributed by atoms with Gasteiger partial charge in [0.1, 0.15) is 0 Å². The minimum absolute atomic E-state index is 0.0548. The van der Waals surface area contributed by atoms with Crippen LogP contribution in [0.3, 0.4) is 0 Å². The average molecular weight is 554 g/mol. The molecular weight excluding hydrogens is 510 g/mol. The minimum atomic E-state index is -0.0815. The first-order valence-corrected chi connectivity index (χ1v) is 15.3. The van der Waals surface area contributed by atoms with Gasteiger partial charge in [0.2, 0.25) is 0 Å². The van der Waals surface area contributed by atoms with E-state index in [0.29, 0.717) is 30.8 Å². The van der Waals surface area contributed by atoms with Gasteiger partial charge in [-0.1, -0.05) is 56.0 Å². The van der Waals surface area contributed by atoms with Gasteiger partial charge in [-0.15, -0.1) is 0 Å². The molecule has 2 amide bonds. The molecule has 41 heavy (non-hydrogen) atoms. The normalized spacial score (nSPS) is 17.9. The van der Waals surface area contributed by atoms with Crippen molar-refractivity contribution in [2.75, 3.05) is 37.6 Å². The van der Waals surface area contributed by atoms with Crippen molar-refractivity contribution < 1.29 is 9.59 Å². The third-order valence-corrected chi connectivity index (χ3v) is 8.31. The highest BCUT2D eigenvalue weighted by Crippen LogP contribution is 2.27. The molecule has 0 saturated carbocycles. The lowest BCUT2D eigenvalue weighted by atomic mass is 10.0. The van der Waals surface area contributed by atoms with Gasteiger partial charge in [-0.3, -0.25) is 19.5 Å². The zero-order valence-corrected chi connectivity index (χ0v) is 24.1. The number of nitrogens with one attached hydrogen (secondary N) is 2. The zero-order chi connectivity index (χ0) is 28.3. The van der Waals surface area contributed by atoms with Gasteiger partial charge < -0.3 is 15.5 Å². The van der Waals surface area contributed by atoms with Gasteiger partial charge in [0, 0.05) is 43.3 Å². The molecule has 2 aliphatic rings. The Bertz CT molecular complexity index is 1260. The van der Waals surface area contributed by atoms with Crippen LogP contribution in [-0.2, 0) is 6.54 Å². The molecular formula is C34H43N5O2. The number of carbonyl (C=O) groups excluding carboxylic acids is 2. The van der Waals surface area contributed by atoms with Crippen molar-refractivity contribution in [2.24, 2.45) is 0 Å². The molecule has 1 unspecified atom stereocenters. The minimum Gasteiger partial charge on any atom is -0.350 e. The molecule has 2 aromatic carbocycles. The molecule has 0 radical (unpaired) electrons. The van der Waals surface area contributed by atoms with Crippen molar-refractivity contribution in [3.8, 4) is 0 Å². The highest BCUT2D eigenvalue weighted by Gasteiger charge is 2.24. The number of anilines is 1. The summed E-state index contributed by atoms with van der Waals surface area (Å²) in [4.78, 5) is 35.7. The molecule has 1 atom stereocenters. The molecule has 1 fully saturated rings. The number of nitrogens with zero attached hydrogens (tertiary/aromatic N) is 3. The molecule has 3 aromatic rings. The van der Waals surface area contributed by atoms with Crippen molar-refractivity contribution in [3.05, 3.63) is 95.3 Å². The fourth-order valence-corrected chi connectivity index (χ4v) is 6.04. The van der Waals surface area contributed by atoms with E-state index < -0.39 is 0 Å². The van der Waals surface area contributed by atoms with E-state index in [1.54, 1.807) is 18.5 Å². The number of hydrogen-bond acceptors (Lipinski definition) is 5. The monoisotopic (exact) mass is 553 g/mol. The second-order valence-corrected chi connectivity index (χ2v) is 11.2. The fourth-order valence-electron chi connectivity index (χ4n) is 6.04. The van der Waals surface area contributed by atoms with Crippen molar-refractivity contribution in [2.45, 2.75) is 64.0 Å². The van der Waals surface area contributed by atoms with Crippen LogP contribution in [0.15, 0.2) is 73.1 Å². The third kappa shape index (κ3) is 7.80. The standard InChI is InChI=1S/C34H43N5O2/c40-33(37-26-32(27-13-6-4-7-14-27)38-20-9-5-10-21-38)28-16-17-31-30(23-28)25-35-18-8-2-1-3-11-22-39(31)34(41)29-15-12-19-36-24-29/h4,6-7,12-17,19,23-24,32,35H,1-3,5,8-11,18,20-22,25-26H2,(H,37,40). The number of pyridine rings is 1. The van der Waals surface area contributed by atoms with Gasteiger partial charge in [-0.25, -0.2) is 0 Å². The van der Waals surface area contributed by atoms with E-state index in [1.807, 2.05) is 35.2 Å². The van der Waals surface area contributed by atoms with Crippen LogP contribution in [0.25, 0.3) is 0 Å². The second kappa shape index (κ2) is 14.9. The smallest absolute Gasteiger partial charge is 0.259 e. The molecule has 2 N–H and O–H groups in total. The first-order valence-electron chi connectivity index (χ1n) is 15.3. The SMILES string of the molecule is O=C(NCC(c1ccccc1)N1CCCCC1)c1ccc2c(c1)CNCCCCCCCN2C(=O)c1cccnc1. The van der Waals surface area contributed by atoms with E-state index >= 15 is 0 Å². The summed E-state index contributed by atoms with van der Waals surface area (Å²) in [5, 5.41) is 6.79. The quantitative estimate of drug-likeness (QED) is 0.407. The highest BCUT2D eigenvalue weighted by molar-refractivity contribution is 6.06. The molecule has 3 heterocycles. The second-order valence-electron chi connectivity index (χ2n) is 11.2. The van der Waals surface area contributed by atoms with Crippen LogP contribution in [0.4, 0.5) is 5.69 Å². The van der Waals surface area contributed by atoms with Crippen molar-refractivity contribution >= 4 is 17.5 Å². The van der Waals surface area contributed by atoms with Gasteiger partial charge >= 0.3 is 0 Å². The Labute approximate surface area is 244 Å². The number of hydrogen-bond donors (Lipinski definition) is 2. The molecule has 1 aromatic heterocycles. The summed E-state index contributed by atoms with van der Waals surface area (Å²) >= 11 is 0.